The Bertz CT molecular complexity index is 735. The number of aromatic nitrogens is 4. The second-order valence-electron chi connectivity index (χ2n) is 4.61. The Kier molecular flexibility index (Phi) is 3.29. The molecule has 0 amide bonds. The Balaban J connectivity index is 2.15. The summed E-state index contributed by atoms with van der Waals surface area (Å²) in [5, 5.41) is 28.8. The summed E-state index contributed by atoms with van der Waals surface area (Å²) < 4.78 is 6.17. The van der Waals surface area contributed by atoms with Crippen LogP contribution < -0.4 is 11.4 Å². The zero-order chi connectivity index (χ0) is 15.1. The van der Waals surface area contributed by atoms with Gasteiger partial charge in [0.05, 0.1) is 6.61 Å². The molecule has 4 atom stereocenters. The summed E-state index contributed by atoms with van der Waals surface area (Å²) in [4.78, 5) is 23.6. The van der Waals surface area contributed by atoms with Crippen LogP contribution in [0.4, 0.5) is 5.82 Å². The number of aliphatic hydroxyl groups is 3. The maximum atomic E-state index is 12.1. The molecule has 3 rings (SSSR count). The van der Waals surface area contributed by atoms with Gasteiger partial charge in [-0.2, -0.15) is 4.98 Å². The van der Waals surface area contributed by atoms with E-state index in [1.165, 1.54) is 12.4 Å². The number of fused-ring (bicyclic) bond motifs is 1. The molecule has 21 heavy (non-hydrogen) atoms. The number of nitrogen functional groups attached to an aromatic ring is 1. The highest BCUT2D eigenvalue weighted by Gasteiger charge is 2.44. The largest absolute Gasteiger partial charge is 0.394 e. The lowest BCUT2D eigenvalue weighted by atomic mass is 10.1. The molecule has 2 aromatic rings. The van der Waals surface area contributed by atoms with Crippen molar-refractivity contribution in [2.45, 2.75) is 24.5 Å². The molecule has 1 saturated heterocycles. The number of nitrogens with two attached hydrogens (primary N) is 1. The first-order valence-electron chi connectivity index (χ1n) is 6.15. The Labute approximate surface area is 117 Å². The van der Waals surface area contributed by atoms with Gasteiger partial charge in [-0.3, -0.25) is 0 Å². The number of hydrogen-bond acceptors (Lipinski definition) is 9. The second kappa shape index (κ2) is 5.00. The molecular weight excluding hydrogens is 282 g/mol. The predicted molar refractivity (Wildman–Crippen MR) is 69.0 cm³/mol. The average Bonchev–Trinajstić information content (AvgIpc) is 2.75. The van der Waals surface area contributed by atoms with Crippen LogP contribution in [-0.4, -0.2) is 59.8 Å². The Morgan fingerprint density at radius 2 is 2.00 bits per heavy atom. The molecule has 112 valence electrons. The molecule has 1 fully saturated rings. The van der Waals surface area contributed by atoms with Crippen LogP contribution in [-0.2, 0) is 4.74 Å². The number of aliphatic hydroxyl groups excluding tert-OH is 3. The molecule has 1 aliphatic rings. The van der Waals surface area contributed by atoms with Crippen LogP contribution in [0.15, 0.2) is 17.2 Å². The third-order valence-corrected chi connectivity index (χ3v) is 3.36. The normalized spacial score (nSPS) is 29.1. The van der Waals surface area contributed by atoms with Crippen LogP contribution >= 0.6 is 0 Å². The van der Waals surface area contributed by atoms with E-state index in [1.54, 1.807) is 0 Å². The summed E-state index contributed by atoms with van der Waals surface area (Å²) in [5.41, 5.74) is 5.33. The molecule has 10 heteroatoms. The highest BCUT2D eigenvalue weighted by Crippen LogP contribution is 2.30. The van der Waals surface area contributed by atoms with Crippen molar-refractivity contribution in [3.63, 3.8) is 0 Å². The van der Waals surface area contributed by atoms with Gasteiger partial charge in [0, 0.05) is 12.4 Å². The molecule has 0 bridgehead atoms. The third kappa shape index (κ3) is 2.05. The van der Waals surface area contributed by atoms with Crippen molar-refractivity contribution in [3.8, 4) is 0 Å². The maximum Gasteiger partial charge on any atom is 0.353 e. The van der Waals surface area contributed by atoms with Crippen molar-refractivity contribution in [2.75, 3.05) is 12.3 Å². The number of anilines is 1. The first kappa shape index (κ1) is 13.8. The zero-order valence-corrected chi connectivity index (χ0v) is 10.7. The molecular formula is C11H13N5O5. The second-order valence-corrected chi connectivity index (χ2v) is 4.61. The van der Waals surface area contributed by atoms with E-state index < -0.39 is 36.8 Å². The minimum absolute atomic E-state index is 0.0722. The zero-order valence-electron chi connectivity index (χ0n) is 10.7. The van der Waals surface area contributed by atoms with Gasteiger partial charge < -0.3 is 25.8 Å². The fraction of sp³-hybridized carbons (Fsp3) is 0.455. The topological polar surface area (TPSA) is 157 Å². The van der Waals surface area contributed by atoms with Crippen molar-refractivity contribution in [1.29, 1.82) is 0 Å². The summed E-state index contributed by atoms with van der Waals surface area (Å²) >= 11 is 0. The standard InChI is InChI=1S/C11H13N5O5/c12-8-5-9(14-2-1-13-5)15-11(20)16(8)10-7(19)6(18)4(3-17)21-10/h1-2,4,6-7,10,17-19H,3,12H2/t4-,6-,7-,10-/m1/s1. The van der Waals surface area contributed by atoms with Gasteiger partial charge in [-0.1, -0.05) is 0 Å². The monoisotopic (exact) mass is 295 g/mol. The predicted octanol–water partition coefficient (Wildman–Crippen LogP) is -2.62. The Morgan fingerprint density at radius 3 is 2.67 bits per heavy atom. The van der Waals surface area contributed by atoms with E-state index in [4.69, 9.17) is 15.6 Å². The SMILES string of the molecule is Nc1c2nccnc2nc(=O)n1[C@@H]1O[C@H](CO)[C@@H](O)[C@H]1O. The minimum atomic E-state index is -1.43. The highest BCUT2D eigenvalue weighted by atomic mass is 16.6. The number of nitrogens with zero attached hydrogens (tertiary/aromatic N) is 4. The van der Waals surface area contributed by atoms with Crippen LogP contribution in [0.3, 0.4) is 0 Å². The summed E-state index contributed by atoms with van der Waals surface area (Å²) in [6.07, 6.45) is -2.31. The van der Waals surface area contributed by atoms with Crippen LogP contribution in [0, 0.1) is 0 Å². The van der Waals surface area contributed by atoms with Crippen LogP contribution in [0.25, 0.3) is 11.2 Å². The molecule has 0 unspecified atom stereocenters. The molecule has 0 saturated carbocycles. The number of ether oxygens (including phenoxy) is 1. The van der Waals surface area contributed by atoms with Crippen molar-refractivity contribution in [1.82, 2.24) is 19.5 Å². The van der Waals surface area contributed by atoms with Crippen molar-refractivity contribution < 1.29 is 20.1 Å². The van der Waals surface area contributed by atoms with Gasteiger partial charge in [0.1, 0.15) is 29.6 Å². The van der Waals surface area contributed by atoms with Crippen molar-refractivity contribution >= 4 is 17.0 Å². The Hall–Kier alpha value is -2.14. The molecule has 0 spiro atoms. The Morgan fingerprint density at radius 1 is 1.29 bits per heavy atom. The number of rotatable bonds is 2. The first-order valence-corrected chi connectivity index (χ1v) is 6.15. The highest BCUT2D eigenvalue weighted by molar-refractivity contribution is 5.80. The van der Waals surface area contributed by atoms with E-state index in [0.717, 1.165) is 4.57 Å². The lowest BCUT2D eigenvalue weighted by molar-refractivity contribution is -0.0536. The summed E-state index contributed by atoms with van der Waals surface area (Å²) in [6.45, 7) is -0.510. The van der Waals surface area contributed by atoms with Gasteiger partial charge >= 0.3 is 5.69 Å². The van der Waals surface area contributed by atoms with E-state index >= 15 is 0 Å². The van der Waals surface area contributed by atoms with Gasteiger partial charge in [-0.05, 0) is 0 Å². The molecule has 1 aliphatic heterocycles. The van der Waals surface area contributed by atoms with Crippen LogP contribution in [0.1, 0.15) is 6.23 Å². The smallest absolute Gasteiger partial charge is 0.353 e. The van der Waals surface area contributed by atoms with Gasteiger partial charge in [-0.25, -0.2) is 19.3 Å². The van der Waals surface area contributed by atoms with E-state index in [0.29, 0.717) is 0 Å². The molecule has 0 aromatic carbocycles. The fourth-order valence-electron chi connectivity index (χ4n) is 2.29. The van der Waals surface area contributed by atoms with E-state index in [2.05, 4.69) is 15.0 Å². The molecule has 10 nitrogen and oxygen atoms in total. The third-order valence-electron chi connectivity index (χ3n) is 3.36. The molecule has 2 aromatic heterocycles. The van der Waals surface area contributed by atoms with Gasteiger partial charge in [0.25, 0.3) is 0 Å². The maximum absolute atomic E-state index is 12.1. The average molecular weight is 295 g/mol. The molecule has 0 radical (unpaired) electrons. The van der Waals surface area contributed by atoms with Crippen molar-refractivity contribution in [2.24, 2.45) is 0 Å². The summed E-state index contributed by atoms with van der Waals surface area (Å²) in [7, 11) is 0. The number of hydrogen-bond donors (Lipinski definition) is 4. The summed E-state index contributed by atoms with van der Waals surface area (Å²) in [6, 6.07) is 0. The molecule has 3 heterocycles. The van der Waals surface area contributed by atoms with Gasteiger partial charge in [0.2, 0.25) is 0 Å². The lowest BCUT2D eigenvalue weighted by Gasteiger charge is -2.19. The van der Waals surface area contributed by atoms with E-state index in [-0.39, 0.29) is 17.0 Å². The van der Waals surface area contributed by atoms with Crippen LogP contribution in [0.2, 0.25) is 0 Å². The molecule has 5 N–H and O–H groups in total. The van der Waals surface area contributed by atoms with E-state index in [1.807, 2.05) is 0 Å². The van der Waals surface area contributed by atoms with Gasteiger partial charge in [0.15, 0.2) is 11.9 Å². The first-order chi connectivity index (χ1) is 10.0. The lowest BCUT2D eigenvalue weighted by Crippen LogP contribution is -2.37. The quantitative estimate of drug-likeness (QED) is 0.465. The minimum Gasteiger partial charge on any atom is -0.394 e. The van der Waals surface area contributed by atoms with Gasteiger partial charge in [-0.15, -0.1) is 0 Å². The summed E-state index contributed by atoms with van der Waals surface area (Å²) in [5.74, 6) is -0.0899. The van der Waals surface area contributed by atoms with Crippen molar-refractivity contribution in [3.05, 3.63) is 22.9 Å². The molecule has 0 aliphatic carbocycles. The van der Waals surface area contributed by atoms with E-state index in [9.17, 15) is 15.0 Å². The fourth-order valence-corrected chi connectivity index (χ4v) is 2.29. The van der Waals surface area contributed by atoms with Crippen LogP contribution in [0.5, 0.6) is 0 Å².